The maximum Gasteiger partial charge on any atom is 0.330 e. The molecule has 0 radical (unpaired) electrons. The van der Waals surface area contributed by atoms with Crippen LogP contribution in [0.5, 0.6) is 0 Å². The molecule has 150 valence electrons. The van der Waals surface area contributed by atoms with Gasteiger partial charge in [0.2, 0.25) is 0 Å². The number of hydrogen-bond acceptors (Lipinski definition) is 4. The number of unbranched alkanes of at least 4 members (excludes halogenated alkanes) is 1. The van der Waals surface area contributed by atoms with Gasteiger partial charge in [-0.1, -0.05) is 32.4 Å². The minimum atomic E-state index is -0.712. The molecule has 0 saturated heterocycles. The standard InChI is InChI=1S/C20H25FN4O3/c1-3-5-12-25-18(22)17(19(27)23-20(25)28)24(11-4-2)16(26)10-9-14-7-6-8-15(21)13-14/h6-10,13H,3-5,11-12,22H2,1-2H3,(H,23,27,28). The molecule has 0 aliphatic rings. The maximum absolute atomic E-state index is 13.3. The molecule has 1 aromatic carbocycles. The first-order chi connectivity index (χ1) is 13.4. The number of hydrogen-bond donors (Lipinski definition) is 2. The Hall–Kier alpha value is -3.16. The van der Waals surface area contributed by atoms with Gasteiger partial charge in [-0.15, -0.1) is 0 Å². The number of nitrogens with two attached hydrogens (primary N) is 1. The van der Waals surface area contributed by atoms with E-state index in [4.69, 9.17) is 5.73 Å². The fourth-order valence-corrected chi connectivity index (χ4v) is 2.80. The highest BCUT2D eigenvalue weighted by molar-refractivity contribution is 6.05. The molecule has 2 rings (SSSR count). The molecule has 28 heavy (non-hydrogen) atoms. The number of amides is 1. The van der Waals surface area contributed by atoms with Crippen molar-refractivity contribution in [2.45, 2.75) is 39.7 Å². The van der Waals surface area contributed by atoms with Crippen LogP contribution in [0.25, 0.3) is 6.08 Å². The number of benzene rings is 1. The van der Waals surface area contributed by atoms with Crippen molar-refractivity contribution in [3.05, 3.63) is 62.6 Å². The fourth-order valence-electron chi connectivity index (χ4n) is 2.80. The van der Waals surface area contributed by atoms with Crippen molar-refractivity contribution >= 4 is 23.5 Å². The van der Waals surface area contributed by atoms with E-state index < -0.39 is 23.0 Å². The van der Waals surface area contributed by atoms with Crippen molar-refractivity contribution in [1.82, 2.24) is 9.55 Å². The third-order valence-corrected chi connectivity index (χ3v) is 4.20. The molecule has 0 bridgehead atoms. The molecule has 0 aliphatic carbocycles. The molecule has 0 aliphatic heterocycles. The molecule has 7 nitrogen and oxygen atoms in total. The van der Waals surface area contributed by atoms with Crippen LogP contribution in [0.2, 0.25) is 0 Å². The second kappa shape index (κ2) is 9.68. The van der Waals surface area contributed by atoms with E-state index in [0.717, 1.165) is 6.42 Å². The van der Waals surface area contributed by atoms with Crippen LogP contribution in [0.1, 0.15) is 38.7 Å². The van der Waals surface area contributed by atoms with Crippen molar-refractivity contribution in [2.24, 2.45) is 0 Å². The highest BCUT2D eigenvalue weighted by atomic mass is 19.1. The third-order valence-electron chi connectivity index (χ3n) is 4.20. The van der Waals surface area contributed by atoms with Gasteiger partial charge in [-0.3, -0.25) is 19.1 Å². The van der Waals surface area contributed by atoms with Crippen LogP contribution in [-0.4, -0.2) is 22.0 Å². The molecular weight excluding hydrogens is 363 g/mol. The van der Waals surface area contributed by atoms with Crippen molar-refractivity contribution < 1.29 is 9.18 Å². The van der Waals surface area contributed by atoms with Gasteiger partial charge in [-0.2, -0.15) is 0 Å². The van der Waals surface area contributed by atoms with Crippen LogP contribution >= 0.6 is 0 Å². The number of H-pyrrole nitrogens is 1. The summed E-state index contributed by atoms with van der Waals surface area (Å²) in [6.45, 7) is 4.41. The second-order valence-electron chi connectivity index (χ2n) is 6.38. The van der Waals surface area contributed by atoms with E-state index in [0.29, 0.717) is 24.9 Å². The summed E-state index contributed by atoms with van der Waals surface area (Å²) in [5, 5.41) is 0. The van der Waals surface area contributed by atoms with Gasteiger partial charge in [-0.25, -0.2) is 9.18 Å². The van der Waals surface area contributed by atoms with Crippen LogP contribution in [-0.2, 0) is 11.3 Å². The second-order valence-corrected chi connectivity index (χ2v) is 6.38. The number of nitrogen functional groups attached to an aromatic ring is 1. The Morgan fingerprint density at radius 1 is 1.29 bits per heavy atom. The van der Waals surface area contributed by atoms with Crippen molar-refractivity contribution in [2.75, 3.05) is 17.2 Å². The van der Waals surface area contributed by atoms with Gasteiger partial charge in [0.25, 0.3) is 11.5 Å². The van der Waals surface area contributed by atoms with Crippen molar-refractivity contribution in [3.63, 3.8) is 0 Å². The van der Waals surface area contributed by atoms with Gasteiger partial charge in [-0.05, 0) is 36.6 Å². The molecule has 0 fully saturated rings. The van der Waals surface area contributed by atoms with Gasteiger partial charge in [0.1, 0.15) is 11.6 Å². The molecule has 1 amide bonds. The SMILES string of the molecule is CCCCn1c(N)c(N(CCC)C(=O)C=Cc2cccc(F)c2)c(=O)[nH]c1=O. The minimum absolute atomic E-state index is 0.0387. The predicted octanol–water partition coefficient (Wildman–Crippen LogP) is 2.51. The first-order valence-electron chi connectivity index (χ1n) is 9.26. The van der Waals surface area contributed by atoms with E-state index in [-0.39, 0.29) is 18.1 Å². The number of carbonyl (C=O) groups is 1. The molecule has 0 unspecified atom stereocenters. The number of rotatable bonds is 8. The Bertz CT molecular complexity index is 978. The summed E-state index contributed by atoms with van der Waals surface area (Å²) in [5.41, 5.74) is 5.25. The predicted molar refractivity (Wildman–Crippen MR) is 109 cm³/mol. The quantitative estimate of drug-likeness (QED) is 0.679. The molecule has 3 N–H and O–H groups in total. The summed E-state index contributed by atoms with van der Waals surface area (Å²) in [4.78, 5) is 40.7. The zero-order valence-electron chi connectivity index (χ0n) is 16.1. The zero-order valence-corrected chi connectivity index (χ0v) is 16.1. The first-order valence-corrected chi connectivity index (χ1v) is 9.26. The van der Waals surface area contributed by atoms with Crippen LogP contribution in [0.15, 0.2) is 39.9 Å². The third kappa shape index (κ3) is 4.97. The number of nitrogens with one attached hydrogen (secondary N) is 1. The lowest BCUT2D eigenvalue weighted by Crippen LogP contribution is -2.41. The molecule has 8 heteroatoms. The fraction of sp³-hybridized carbons (Fsp3) is 0.350. The van der Waals surface area contributed by atoms with Crippen molar-refractivity contribution in [1.29, 1.82) is 0 Å². The molecular formula is C20H25FN4O3. The first kappa shape index (κ1) is 21.1. The molecule has 0 saturated carbocycles. The van der Waals surface area contributed by atoms with Gasteiger partial charge in [0, 0.05) is 19.2 Å². The topological polar surface area (TPSA) is 101 Å². The van der Waals surface area contributed by atoms with Gasteiger partial charge < -0.3 is 10.6 Å². The summed E-state index contributed by atoms with van der Waals surface area (Å²) in [6.07, 6.45) is 4.84. The Morgan fingerprint density at radius 3 is 2.68 bits per heavy atom. The summed E-state index contributed by atoms with van der Waals surface area (Å²) < 4.78 is 14.6. The van der Waals surface area contributed by atoms with Crippen LogP contribution < -0.4 is 21.9 Å². The van der Waals surface area contributed by atoms with Gasteiger partial charge in [0.15, 0.2) is 5.69 Å². The average Bonchev–Trinajstić information content (AvgIpc) is 2.65. The number of nitrogens with zero attached hydrogens (tertiary/aromatic N) is 2. The van der Waals surface area contributed by atoms with E-state index in [9.17, 15) is 18.8 Å². The van der Waals surface area contributed by atoms with Crippen molar-refractivity contribution in [3.8, 4) is 0 Å². The maximum atomic E-state index is 13.3. The highest BCUT2D eigenvalue weighted by Gasteiger charge is 2.22. The Kier molecular flexibility index (Phi) is 7.31. The van der Waals surface area contributed by atoms with Crippen LogP contribution in [0.3, 0.4) is 0 Å². The van der Waals surface area contributed by atoms with Gasteiger partial charge >= 0.3 is 5.69 Å². The largest absolute Gasteiger partial charge is 0.383 e. The molecule has 1 heterocycles. The molecule has 2 aromatic rings. The van der Waals surface area contributed by atoms with E-state index in [1.165, 1.54) is 39.8 Å². The summed E-state index contributed by atoms with van der Waals surface area (Å²) in [7, 11) is 0. The molecule has 1 aromatic heterocycles. The molecule has 0 atom stereocenters. The van der Waals surface area contributed by atoms with Gasteiger partial charge in [0.05, 0.1) is 0 Å². The average molecular weight is 388 g/mol. The zero-order chi connectivity index (χ0) is 20.7. The number of anilines is 2. The van der Waals surface area contributed by atoms with E-state index in [1.54, 1.807) is 6.07 Å². The number of aromatic amines is 1. The summed E-state index contributed by atoms with van der Waals surface area (Å²) >= 11 is 0. The summed E-state index contributed by atoms with van der Waals surface area (Å²) in [6, 6.07) is 5.79. The smallest absolute Gasteiger partial charge is 0.330 e. The Morgan fingerprint density at radius 2 is 2.04 bits per heavy atom. The normalized spacial score (nSPS) is 11.1. The monoisotopic (exact) mass is 388 g/mol. The number of aromatic nitrogens is 2. The van der Waals surface area contributed by atoms with Crippen LogP contribution in [0.4, 0.5) is 15.9 Å². The Labute approximate surface area is 162 Å². The minimum Gasteiger partial charge on any atom is -0.383 e. The molecule has 0 spiro atoms. The highest BCUT2D eigenvalue weighted by Crippen LogP contribution is 2.18. The van der Waals surface area contributed by atoms with Crippen LogP contribution in [0, 0.1) is 5.82 Å². The lowest BCUT2D eigenvalue weighted by atomic mass is 10.2. The summed E-state index contributed by atoms with van der Waals surface area (Å²) in [5.74, 6) is -0.934. The Balaban J connectivity index is 2.43. The van der Waals surface area contributed by atoms with E-state index in [1.807, 2.05) is 13.8 Å². The number of carbonyl (C=O) groups excluding carboxylic acids is 1. The van der Waals surface area contributed by atoms with E-state index in [2.05, 4.69) is 4.98 Å². The lowest BCUT2D eigenvalue weighted by Gasteiger charge is -2.23. The number of halogens is 1. The van der Waals surface area contributed by atoms with E-state index >= 15 is 0 Å². The lowest BCUT2D eigenvalue weighted by molar-refractivity contribution is -0.114.